The van der Waals surface area contributed by atoms with E-state index in [0.29, 0.717) is 13.0 Å². The first-order chi connectivity index (χ1) is 13.3. The molecule has 0 aromatic heterocycles. The Hall–Kier alpha value is -0.180. The van der Waals surface area contributed by atoms with Crippen molar-refractivity contribution in [2.45, 2.75) is 135 Å². The van der Waals surface area contributed by atoms with Crippen LogP contribution in [-0.4, -0.2) is 18.3 Å². The van der Waals surface area contributed by atoms with E-state index in [-0.39, 0.29) is 5.97 Å². The maximum Gasteiger partial charge on any atom is 0.305 e. The maximum absolute atomic E-state index is 11.6. The molecule has 0 aromatic carbocycles. The molecule has 0 aliphatic rings. The third-order valence-corrected chi connectivity index (χ3v) is 5.62. The van der Waals surface area contributed by atoms with E-state index >= 15 is 0 Å². The SMILES string of the molecule is CCCCCCCC(=O)OCCCCCCCCCCCCCCCCS. The third kappa shape index (κ3) is 23.8. The number of thiol groups is 1. The Bertz CT molecular complexity index is 294. The molecule has 0 saturated carbocycles. The van der Waals surface area contributed by atoms with Gasteiger partial charge in [0.25, 0.3) is 0 Å². The highest BCUT2D eigenvalue weighted by molar-refractivity contribution is 7.80. The van der Waals surface area contributed by atoms with Gasteiger partial charge < -0.3 is 4.74 Å². The van der Waals surface area contributed by atoms with Gasteiger partial charge in [-0.2, -0.15) is 12.6 Å². The Kier molecular flexibility index (Phi) is 23.7. The van der Waals surface area contributed by atoms with Crippen molar-refractivity contribution in [2.24, 2.45) is 0 Å². The van der Waals surface area contributed by atoms with Gasteiger partial charge in [-0.05, 0) is 25.0 Å². The van der Waals surface area contributed by atoms with Crippen molar-refractivity contribution in [3.8, 4) is 0 Å². The zero-order valence-corrected chi connectivity index (χ0v) is 19.2. The zero-order valence-electron chi connectivity index (χ0n) is 18.3. The van der Waals surface area contributed by atoms with Gasteiger partial charge in [-0.1, -0.05) is 110 Å². The quantitative estimate of drug-likeness (QED) is 0.112. The molecule has 0 fully saturated rings. The Balaban J connectivity index is 3.09. The predicted molar refractivity (Wildman–Crippen MR) is 123 cm³/mol. The smallest absolute Gasteiger partial charge is 0.305 e. The van der Waals surface area contributed by atoms with E-state index in [2.05, 4.69) is 19.6 Å². The molecule has 0 amide bonds. The van der Waals surface area contributed by atoms with E-state index in [1.807, 2.05) is 0 Å². The zero-order chi connectivity index (χ0) is 19.8. The molecule has 3 heteroatoms. The summed E-state index contributed by atoms with van der Waals surface area (Å²) in [5, 5.41) is 0. The van der Waals surface area contributed by atoms with E-state index in [1.165, 1.54) is 109 Å². The second-order valence-electron chi connectivity index (χ2n) is 8.06. The standard InChI is InChI=1S/C24H48O2S/c1-2-3-4-15-18-21-24(25)26-22-19-16-13-11-9-7-5-6-8-10-12-14-17-20-23-27/h27H,2-23H2,1H3. The van der Waals surface area contributed by atoms with E-state index < -0.39 is 0 Å². The molecule has 0 aromatic rings. The molecule has 2 nitrogen and oxygen atoms in total. The highest BCUT2D eigenvalue weighted by Crippen LogP contribution is 2.13. The van der Waals surface area contributed by atoms with Gasteiger partial charge in [0.1, 0.15) is 0 Å². The van der Waals surface area contributed by atoms with Crippen LogP contribution in [0.15, 0.2) is 0 Å². The number of ether oxygens (including phenoxy) is 1. The van der Waals surface area contributed by atoms with Crippen LogP contribution < -0.4 is 0 Å². The van der Waals surface area contributed by atoms with Gasteiger partial charge >= 0.3 is 5.97 Å². The number of unbranched alkanes of at least 4 members (excludes halogenated alkanes) is 17. The summed E-state index contributed by atoms with van der Waals surface area (Å²) < 4.78 is 5.32. The molecule has 0 N–H and O–H groups in total. The molecule has 0 spiro atoms. The molecule has 0 unspecified atom stereocenters. The summed E-state index contributed by atoms with van der Waals surface area (Å²) in [5.74, 6) is 1.05. The minimum absolute atomic E-state index is 0.00760. The van der Waals surface area contributed by atoms with Gasteiger partial charge in [0.15, 0.2) is 0 Å². The van der Waals surface area contributed by atoms with Crippen molar-refractivity contribution < 1.29 is 9.53 Å². The predicted octanol–water partition coefficient (Wildman–Crippen LogP) is 8.28. The lowest BCUT2D eigenvalue weighted by Crippen LogP contribution is -2.05. The Morgan fingerprint density at radius 3 is 1.48 bits per heavy atom. The number of carbonyl (C=O) groups excluding carboxylic acids is 1. The van der Waals surface area contributed by atoms with Crippen LogP contribution in [0, 0.1) is 0 Å². The van der Waals surface area contributed by atoms with Gasteiger partial charge in [-0.25, -0.2) is 0 Å². The average Bonchev–Trinajstić information content (AvgIpc) is 2.67. The van der Waals surface area contributed by atoms with Gasteiger partial charge in [0.05, 0.1) is 6.61 Å². The van der Waals surface area contributed by atoms with Crippen LogP contribution >= 0.6 is 12.6 Å². The summed E-state index contributed by atoms with van der Waals surface area (Å²) in [6.07, 6.45) is 25.3. The average molecular weight is 401 g/mol. The number of rotatable bonds is 22. The van der Waals surface area contributed by atoms with Crippen LogP contribution in [0.3, 0.4) is 0 Å². The highest BCUT2D eigenvalue weighted by Gasteiger charge is 2.02. The molecule has 0 radical (unpaired) electrons. The lowest BCUT2D eigenvalue weighted by Gasteiger charge is -2.05. The summed E-state index contributed by atoms with van der Waals surface area (Å²) >= 11 is 4.25. The number of hydrogen-bond donors (Lipinski definition) is 1. The van der Waals surface area contributed by atoms with Crippen molar-refractivity contribution in [3.05, 3.63) is 0 Å². The van der Waals surface area contributed by atoms with Crippen LogP contribution in [0.4, 0.5) is 0 Å². The fourth-order valence-electron chi connectivity index (χ4n) is 3.47. The van der Waals surface area contributed by atoms with Crippen LogP contribution in [0.5, 0.6) is 0 Å². The van der Waals surface area contributed by atoms with E-state index in [0.717, 1.165) is 18.6 Å². The molecule has 0 heterocycles. The minimum Gasteiger partial charge on any atom is -0.466 e. The first-order valence-electron chi connectivity index (χ1n) is 12.1. The van der Waals surface area contributed by atoms with Crippen LogP contribution in [0.25, 0.3) is 0 Å². The highest BCUT2D eigenvalue weighted by atomic mass is 32.1. The molecule has 0 aliphatic heterocycles. The summed E-state index contributed by atoms with van der Waals surface area (Å²) in [7, 11) is 0. The van der Waals surface area contributed by atoms with Crippen molar-refractivity contribution in [2.75, 3.05) is 12.4 Å². The second kappa shape index (κ2) is 23.9. The summed E-state index contributed by atoms with van der Waals surface area (Å²) in [6, 6.07) is 0. The third-order valence-electron chi connectivity index (χ3n) is 5.30. The summed E-state index contributed by atoms with van der Waals surface area (Å²) in [5.41, 5.74) is 0. The minimum atomic E-state index is 0.00760. The molecular weight excluding hydrogens is 352 g/mol. The van der Waals surface area contributed by atoms with Gasteiger partial charge in [-0.15, -0.1) is 0 Å². The lowest BCUT2D eigenvalue weighted by atomic mass is 10.0. The lowest BCUT2D eigenvalue weighted by molar-refractivity contribution is -0.143. The largest absolute Gasteiger partial charge is 0.466 e. The Morgan fingerprint density at radius 1 is 0.593 bits per heavy atom. The first kappa shape index (κ1) is 26.8. The van der Waals surface area contributed by atoms with E-state index in [1.54, 1.807) is 0 Å². The Labute approximate surface area is 176 Å². The normalized spacial score (nSPS) is 11.0. The van der Waals surface area contributed by atoms with E-state index in [9.17, 15) is 4.79 Å². The monoisotopic (exact) mass is 400 g/mol. The molecule has 0 saturated heterocycles. The van der Waals surface area contributed by atoms with Gasteiger partial charge in [-0.3, -0.25) is 4.79 Å². The van der Waals surface area contributed by atoms with Crippen LogP contribution in [0.1, 0.15) is 135 Å². The fraction of sp³-hybridized carbons (Fsp3) is 0.958. The molecular formula is C24H48O2S. The summed E-state index contributed by atoms with van der Waals surface area (Å²) in [6.45, 7) is 2.84. The van der Waals surface area contributed by atoms with Crippen molar-refractivity contribution in [1.29, 1.82) is 0 Å². The van der Waals surface area contributed by atoms with Crippen LogP contribution in [-0.2, 0) is 9.53 Å². The molecule has 162 valence electrons. The molecule has 27 heavy (non-hydrogen) atoms. The maximum atomic E-state index is 11.6. The first-order valence-corrected chi connectivity index (χ1v) is 12.7. The molecule has 0 aliphatic carbocycles. The molecule has 0 bridgehead atoms. The fourth-order valence-corrected chi connectivity index (χ4v) is 3.69. The van der Waals surface area contributed by atoms with Gasteiger partial charge in [0.2, 0.25) is 0 Å². The van der Waals surface area contributed by atoms with Crippen LogP contribution in [0.2, 0.25) is 0 Å². The van der Waals surface area contributed by atoms with E-state index in [4.69, 9.17) is 4.74 Å². The number of esters is 1. The van der Waals surface area contributed by atoms with Crippen molar-refractivity contribution in [1.82, 2.24) is 0 Å². The Morgan fingerprint density at radius 2 is 1.00 bits per heavy atom. The van der Waals surface area contributed by atoms with Crippen molar-refractivity contribution in [3.63, 3.8) is 0 Å². The van der Waals surface area contributed by atoms with Gasteiger partial charge in [0, 0.05) is 6.42 Å². The summed E-state index contributed by atoms with van der Waals surface area (Å²) in [4.78, 5) is 11.6. The number of hydrogen-bond acceptors (Lipinski definition) is 3. The van der Waals surface area contributed by atoms with Crippen molar-refractivity contribution >= 4 is 18.6 Å². The topological polar surface area (TPSA) is 26.3 Å². The molecule has 0 rings (SSSR count). The number of carbonyl (C=O) groups is 1. The second-order valence-corrected chi connectivity index (χ2v) is 8.51. The molecule has 0 atom stereocenters.